The molecule has 0 radical (unpaired) electrons. The van der Waals surface area contributed by atoms with Crippen LogP contribution >= 0.6 is 0 Å². The Hall–Kier alpha value is -3.48. The molecule has 30 heavy (non-hydrogen) atoms. The van der Waals surface area contributed by atoms with Crippen molar-refractivity contribution >= 4 is 29.4 Å². The number of amides is 3. The first-order valence-corrected chi connectivity index (χ1v) is 9.93. The fourth-order valence-electron chi connectivity index (χ4n) is 3.50. The van der Waals surface area contributed by atoms with E-state index in [1.54, 1.807) is 12.1 Å². The van der Waals surface area contributed by atoms with Crippen molar-refractivity contribution in [1.29, 1.82) is 0 Å². The number of benzene rings is 2. The lowest BCUT2D eigenvalue weighted by Gasteiger charge is -2.21. The number of aryl methyl sites for hydroxylation is 2. The van der Waals surface area contributed by atoms with E-state index < -0.39 is 36.3 Å². The van der Waals surface area contributed by atoms with E-state index in [-0.39, 0.29) is 11.1 Å². The fraction of sp³-hybridized carbons (Fsp3) is 0.304. The van der Waals surface area contributed by atoms with Crippen LogP contribution in [0.5, 0.6) is 0 Å². The summed E-state index contributed by atoms with van der Waals surface area (Å²) < 4.78 is 5.10. The number of carbonyl (C=O) groups excluding carboxylic acids is 4. The minimum Gasteiger partial charge on any atom is -0.454 e. The summed E-state index contributed by atoms with van der Waals surface area (Å²) in [6, 6.07) is 11.1. The molecule has 156 valence electrons. The van der Waals surface area contributed by atoms with Gasteiger partial charge in [-0.15, -0.1) is 0 Å². The summed E-state index contributed by atoms with van der Waals surface area (Å²) in [5, 5.41) is 2.81. The molecule has 3 amide bonds. The summed E-state index contributed by atoms with van der Waals surface area (Å²) in [5.41, 5.74) is 3.23. The van der Waals surface area contributed by atoms with Gasteiger partial charge in [0.05, 0.1) is 11.1 Å². The quantitative estimate of drug-likeness (QED) is 0.562. The number of hydrogen-bond acceptors (Lipinski definition) is 5. The number of rotatable bonds is 7. The maximum Gasteiger partial charge on any atom is 0.329 e. The third-order valence-corrected chi connectivity index (χ3v) is 5.16. The van der Waals surface area contributed by atoms with E-state index in [9.17, 15) is 19.2 Å². The van der Waals surface area contributed by atoms with Crippen LogP contribution in [0.25, 0.3) is 0 Å². The lowest BCUT2D eigenvalue weighted by atomic mass is 10.0. The largest absolute Gasteiger partial charge is 0.454 e. The monoisotopic (exact) mass is 408 g/mol. The van der Waals surface area contributed by atoms with Gasteiger partial charge in [-0.1, -0.05) is 44.2 Å². The molecule has 7 nitrogen and oxygen atoms in total. The second-order valence-corrected chi connectivity index (χ2v) is 7.02. The Morgan fingerprint density at radius 1 is 0.933 bits per heavy atom. The summed E-state index contributed by atoms with van der Waals surface area (Å²) in [5.74, 6) is -2.39. The fourth-order valence-corrected chi connectivity index (χ4v) is 3.50. The molecule has 0 aromatic heterocycles. The Labute approximate surface area is 175 Å². The van der Waals surface area contributed by atoms with Crippen molar-refractivity contribution in [2.45, 2.75) is 39.7 Å². The number of nitrogens with one attached hydrogen (secondary N) is 1. The highest BCUT2D eigenvalue weighted by atomic mass is 16.5. The van der Waals surface area contributed by atoms with Crippen LogP contribution in [0.2, 0.25) is 0 Å². The molecule has 0 saturated heterocycles. The van der Waals surface area contributed by atoms with Crippen LogP contribution in [-0.4, -0.2) is 41.2 Å². The van der Waals surface area contributed by atoms with Gasteiger partial charge in [-0.05, 0) is 43.0 Å². The molecule has 1 aliphatic rings. The molecular formula is C23H24N2O5. The molecule has 0 aliphatic carbocycles. The topological polar surface area (TPSA) is 92.8 Å². The summed E-state index contributed by atoms with van der Waals surface area (Å²) in [6.45, 7) is 4.89. The van der Waals surface area contributed by atoms with Crippen molar-refractivity contribution in [1.82, 2.24) is 4.90 Å². The van der Waals surface area contributed by atoms with E-state index in [1.807, 2.05) is 32.0 Å². The predicted octanol–water partition coefficient (Wildman–Crippen LogP) is 2.98. The smallest absolute Gasteiger partial charge is 0.329 e. The summed E-state index contributed by atoms with van der Waals surface area (Å²) in [4.78, 5) is 50.6. The first-order valence-electron chi connectivity index (χ1n) is 9.93. The van der Waals surface area contributed by atoms with E-state index in [2.05, 4.69) is 5.32 Å². The first-order chi connectivity index (χ1) is 14.4. The number of hydrogen-bond donors (Lipinski definition) is 1. The van der Waals surface area contributed by atoms with Gasteiger partial charge in [-0.3, -0.25) is 19.3 Å². The normalized spacial score (nSPS) is 13.8. The minimum atomic E-state index is -1.14. The van der Waals surface area contributed by atoms with Crippen LogP contribution in [0.1, 0.15) is 52.6 Å². The van der Waals surface area contributed by atoms with E-state index in [4.69, 9.17) is 4.74 Å². The Morgan fingerprint density at radius 2 is 1.47 bits per heavy atom. The molecule has 0 spiro atoms. The molecule has 7 heteroatoms. The van der Waals surface area contributed by atoms with Crippen LogP contribution in [-0.2, 0) is 27.2 Å². The number of nitrogens with zero attached hydrogens (tertiary/aromatic N) is 1. The number of ether oxygens (including phenoxy) is 1. The number of esters is 1. The molecule has 0 saturated carbocycles. The molecule has 2 aromatic carbocycles. The Morgan fingerprint density at radius 3 is 1.97 bits per heavy atom. The number of para-hydroxylation sites is 1. The Balaban J connectivity index is 1.63. The zero-order valence-electron chi connectivity index (χ0n) is 17.2. The molecule has 0 bridgehead atoms. The predicted molar refractivity (Wildman–Crippen MR) is 111 cm³/mol. The van der Waals surface area contributed by atoms with Crippen molar-refractivity contribution in [3.8, 4) is 0 Å². The highest BCUT2D eigenvalue weighted by Crippen LogP contribution is 2.25. The summed E-state index contributed by atoms with van der Waals surface area (Å²) in [6.07, 6.45) is 1.50. The maximum atomic E-state index is 12.5. The molecule has 3 rings (SSSR count). The lowest BCUT2D eigenvalue weighted by Crippen LogP contribution is -2.44. The summed E-state index contributed by atoms with van der Waals surface area (Å²) in [7, 11) is 0. The van der Waals surface area contributed by atoms with Gasteiger partial charge < -0.3 is 10.1 Å². The van der Waals surface area contributed by atoms with Crippen molar-refractivity contribution in [3.63, 3.8) is 0 Å². The first kappa shape index (κ1) is 21.2. The molecule has 0 fully saturated rings. The standard InChI is InChI=1S/C23H24N2O5/c1-4-15-9-8-10-16(5-2)20(15)24-19(26)13-30-23(29)14(3)25-21(27)17-11-6-7-12-18(17)22(25)28/h6-12,14H,4-5,13H2,1-3H3,(H,24,26)/t14-/m1/s1. The molecule has 1 N–H and O–H groups in total. The average molecular weight is 408 g/mol. The second-order valence-electron chi connectivity index (χ2n) is 7.02. The van der Waals surface area contributed by atoms with Crippen LogP contribution in [0.15, 0.2) is 42.5 Å². The van der Waals surface area contributed by atoms with Gasteiger partial charge in [0, 0.05) is 5.69 Å². The van der Waals surface area contributed by atoms with E-state index in [1.165, 1.54) is 19.1 Å². The molecule has 2 aromatic rings. The van der Waals surface area contributed by atoms with Crippen LogP contribution < -0.4 is 5.32 Å². The number of anilines is 1. The van der Waals surface area contributed by atoms with Gasteiger partial charge >= 0.3 is 5.97 Å². The van der Waals surface area contributed by atoms with Crippen molar-refractivity contribution < 1.29 is 23.9 Å². The summed E-state index contributed by atoms with van der Waals surface area (Å²) >= 11 is 0. The second kappa shape index (κ2) is 8.90. The van der Waals surface area contributed by atoms with Gasteiger partial charge in [0.2, 0.25) is 0 Å². The van der Waals surface area contributed by atoms with Crippen molar-refractivity contribution in [2.75, 3.05) is 11.9 Å². The number of imide groups is 1. The highest BCUT2D eigenvalue weighted by molar-refractivity contribution is 6.22. The van der Waals surface area contributed by atoms with E-state index in [0.717, 1.165) is 34.6 Å². The zero-order chi connectivity index (χ0) is 21.8. The maximum absolute atomic E-state index is 12.5. The Kier molecular flexibility index (Phi) is 6.30. The Bertz CT molecular complexity index is 957. The third kappa shape index (κ3) is 3.96. The van der Waals surface area contributed by atoms with Gasteiger partial charge in [0.15, 0.2) is 6.61 Å². The number of fused-ring (bicyclic) bond motifs is 1. The van der Waals surface area contributed by atoms with Crippen molar-refractivity contribution in [3.05, 3.63) is 64.7 Å². The minimum absolute atomic E-state index is 0.253. The molecule has 0 unspecified atom stereocenters. The van der Waals surface area contributed by atoms with Gasteiger partial charge in [0.1, 0.15) is 6.04 Å². The van der Waals surface area contributed by atoms with E-state index in [0.29, 0.717) is 0 Å². The average Bonchev–Trinajstić information content (AvgIpc) is 3.02. The van der Waals surface area contributed by atoms with Crippen LogP contribution in [0.3, 0.4) is 0 Å². The van der Waals surface area contributed by atoms with Crippen LogP contribution in [0, 0.1) is 0 Å². The van der Waals surface area contributed by atoms with E-state index >= 15 is 0 Å². The SMILES string of the molecule is CCc1cccc(CC)c1NC(=O)COC(=O)[C@@H](C)N1C(=O)c2ccccc2C1=O. The third-order valence-electron chi connectivity index (χ3n) is 5.16. The lowest BCUT2D eigenvalue weighted by molar-refractivity contribution is -0.150. The molecule has 1 aliphatic heterocycles. The number of carbonyl (C=O) groups is 4. The van der Waals surface area contributed by atoms with Gasteiger partial charge in [-0.2, -0.15) is 0 Å². The molecular weight excluding hydrogens is 384 g/mol. The van der Waals surface area contributed by atoms with Crippen LogP contribution in [0.4, 0.5) is 5.69 Å². The van der Waals surface area contributed by atoms with Gasteiger partial charge in [-0.25, -0.2) is 4.79 Å². The van der Waals surface area contributed by atoms with Gasteiger partial charge in [0.25, 0.3) is 17.7 Å². The van der Waals surface area contributed by atoms with Crippen molar-refractivity contribution in [2.24, 2.45) is 0 Å². The highest BCUT2D eigenvalue weighted by Gasteiger charge is 2.41. The zero-order valence-corrected chi connectivity index (χ0v) is 17.2. The molecule has 1 heterocycles. The molecule has 1 atom stereocenters.